The highest BCUT2D eigenvalue weighted by Crippen LogP contribution is 2.30. The van der Waals surface area contributed by atoms with E-state index >= 15 is 0 Å². The van der Waals surface area contributed by atoms with Crippen LogP contribution in [0.1, 0.15) is 25.7 Å². The molecule has 1 aliphatic rings. The zero-order valence-corrected chi connectivity index (χ0v) is 11.7. The number of fused-ring (bicyclic) bond motifs is 1. The molecule has 1 fully saturated rings. The average Bonchev–Trinajstić information content (AvgIpc) is 2.92. The van der Waals surface area contributed by atoms with Crippen molar-refractivity contribution in [3.63, 3.8) is 0 Å². The summed E-state index contributed by atoms with van der Waals surface area (Å²) in [6.45, 7) is 1.01. The molecule has 0 radical (unpaired) electrons. The number of hydrogen-bond acceptors (Lipinski definition) is 4. The first-order chi connectivity index (χ1) is 9.65. The Bertz CT molecular complexity index is 673. The van der Waals surface area contributed by atoms with Gasteiger partial charge in [0, 0.05) is 13.6 Å². The predicted molar refractivity (Wildman–Crippen MR) is 82.0 cm³/mol. The van der Waals surface area contributed by atoms with Crippen LogP contribution in [0.3, 0.4) is 0 Å². The Morgan fingerprint density at radius 2 is 2.15 bits per heavy atom. The first-order valence-electron chi connectivity index (χ1n) is 7.13. The Labute approximate surface area is 117 Å². The van der Waals surface area contributed by atoms with Crippen molar-refractivity contribution in [2.75, 3.05) is 24.2 Å². The van der Waals surface area contributed by atoms with Crippen molar-refractivity contribution < 1.29 is 0 Å². The summed E-state index contributed by atoms with van der Waals surface area (Å²) < 4.78 is 0. The van der Waals surface area contributed by atoms with Crippen LogP contribution in [0.25, 0.3) is 10.9 Å². The molecule has 3 rings (SSSR count). The van der Waals surface area contributed by atoms with E-state index in [0.29, 0.717) is 16.6 Å². The summed E-state index contributed by atoms with van der Waals surface area (Å²) in [6.07, 6.45) is 6.71. The maximum absolute atomic E-state index is 11.7. The number of aromatic nitrogens is 2. The SMILES string of the molecule is CN(CC1CCCC1)c1cc2nc[nH]c(=O)c2cc1N. The van der Waals surface area contributed by atoms with Crippen LogP contribution >= 0.6 is 0 Å². The first kappa shape index (κ1) is 13.0. The first-order valence-corrected chi connectivity index (χ1v) is 7.13. The van der Waals surface area contributed by atoms with E-state index in [1.165, 1.54) is 32.0 Å². The Morgan fingerprint density at radius 1 is 1.40 bits per heavy atom. The van der Waals surface area contributed by atoms with Gasteiger partial charge in [-0.2, -0.15) is 0 Å². The van der Waals surface area contributed by atoms with Gasteiger partial charge in [0.25, 0.3) is 5.56 Å². The summed E-state index contributed by atoms with van der Waals surface area (Å²) >= 11 is 0. The molecule has 106 valence electrons. The van der Waals surface area contributed by atoms with Gasteiger partial charge in [-0.25, -0.2) is 4.98 Å². The summed E-state index contributed by atoms with van der Waals surface area (Å²) in [6, 6.07) is 3.64. The fourth-order valence-corrected chi connectivity index (χ4v) is 3.13. The van der Waals surface area contributed by atoms with Crippen LogP contribution in [0.15, 0.2) is 23.3 Å². The van der Waals surface area contributed by atoms with Crippen molar-refractivity contribution in [3.8, 4) is 0 Å². The summed E-state index contributed by atoms with van der Waals surface area (Å²) in [4.78, 5) is 20.7. The molecule has 1 aromatic carbocycles. The number of nitrogen functional groups attached to an aromatic ring is 1. The summed E-state index contributed by atoms with van der Waals surface area (Å²) in [5.41, 5.74) is 8.25. The second kappa shape index (κ2) is 5.15. The Hall–Kier alpha value is -2.04. The highest BCUT2D eigenvalue weighted by Gasteiger charge is 2.18. The van der Waals surface area contributed by atoms with Gasteiger partial charge in [0.05, 0.1) is 28.6 Å². The second-order valence-corrected chi connectivity index (χ2v) is 5.69. The molecular formula is C15H20N4O. The maximum Gasteiger partial charge on any atom is 0.258 e. The summed E-state index contributed by atoms with van der Waals surface area (Å²) in [5, 5.41) is 0.544. The van der Waals surface area contributed by atoms with E-state index in [2.05, 4.69) is 21.9 Å². The lowest BCUT2D eigenvalue weighted by Crippen LogP contribution is -2.25. The molecule has 2 aromatic rings. The van der Waals surface area contributed by atoms with Crippen molar-refractivity contribution in [2.45, 2.75) is 25.7 Å². The molecule has 1 saturated carbocycles. The van der Waals surface area contributed by atoms with Crippen molar-refractivity contribution in [1.29, 1.82) is 0 Å². The van der Waals surface area contributed by atoms with Crippen LogP contribution < -0.4 is 16.2 Å². The number of nitrogens with two attached hydrogens (primary N) is 1. The van der Waals surface area contributed by atoms with E-state index in [0.717, 1.165) is 18.2 Å². The third-order valence-corrected chi connectivity index (χ3v) is 4.21. The number of aromatic amines is 1. The minimum Gasteiger partial charge on any atom is -0.397 e. The van der Waals surface area contributed by atoms with E-state index in [1.807, 2.05) is 6.07 Å². The van der Waals surface area contributed by atoms with Gasteiger partial charge < -0.3 is 15.6 Å². The summed E-state index contributed by atoms with van der Waals surface area (Å²) in [7, 11) is 2.06. The third-order valence-electron chi connectivity index (χ3n) is 4.21. The number of nitrogens with zero attached hydrogens (tertiary/aromatic N) is 2. The minimum absolute atomic E-state index is 0.147. The van der Waals surface area contributed by atoms with Crippen LogP contribution in [-0.4, -0.2) is 23.6 Å². The number of H-pyrrole nitrogens is 1. The van der Waals surface area contributed by atoms with Crippen LogP contribution in [0.2, 0.25) is 0 Å². The number of hydrogen-bond donors (Lipinski definition) is 2. The van der Waals surface area contributed by atoms with Crippen LogP contribution in [0.4, 0.5) is 11.4 Å². The van der Waals surface area contributed by atoms with E-state index in [1.54, 1.807) is 6.07 Å². The van der Waals surface area contributed by atoms with Crippen molar-refractivity contribution in [3.05, 3.63) is 28.8 Å². The molecule has 0 atom stereocenters. The van der Waals surface area contributed by atoms with Gasteiger partial charge >= 0.3 is 0 Å². The lowest BCUT2D eigenvalue weighted by atomic mass is 10.1. The molecule has 1 heterocycles. The second-order valence-electron chi connectivity index (χ2n) is 5.69. The Kier molecular flexibility index (Phi) is 3.34. The number of benzene rings is 1. The molecule has 0 amide bonds. The number of anilines is 2. The van der Waals surface area contributed by atoms with Gasteiger partial charge in [-0.3, -0.25) is 4.79 Å². The van der Waals surface area contributed by atoms with Crippen LogP contribution in [0.5, 0.6) is 0 Å². The molecule has 1 aromatic heterocycles. The monoisotopic (exact) mass is 272 g/mol. The van der Waals surface area contributed by atoms with Gasteiger partial charge in [-0.1, -0.05) is 12.8 Å². The summed E-state index contributed by atoms with van der Waals surface area (Å²) in [5.74, 6) is 0.752. The largest absolute Gasteiger partial charge is 0.397 e. The van der Waals surface area contributed by atoms with Gasteiger partial charge in [-0.05, 0) is 30.9 Å². The molecular weight excluding hydrogens is 252 g/mol. The van der Waals surface area contributed by atoms with E-state index in [9.17, 15) is 4.79 Å². The normalized spacial score (nSPS) is 15.8. The molecule has 0 unspecified atom stereocenters. The maximum atomic E-state index is 11.7. The zero-order chi connectivity index (χ0) is 14.1. The van der Waals surface area contributed by atoms with Crippen molar-refractivity contribution >= 4 is 22.3 Å². The quantitative estimate of drug-likeness (QED) is 0.839. The van der Waals surface area contributed by atoms with E-state index < -0.39 is 0 Å². The zero-order valence-electron chi connectivity index (χ0n) is 11.7. The predicted octanol–water partition coefficient (Wildman–Crippen LogP) is 2.13. The molecule has 20 heavy (non-hydrogen) atoms. The van der Waals surface area contributed by atoms with Crippen LogP contribution in [-0.2, 0) is 0 Å². The van der Waals surface area contributed by atoms with E-state index in [4.69, 9.17) is 5.73 Å². The minimum atomic E-state index is -0.147. The number of rotatable bonds is 3. The molecule has 1 aliphatic carbocycles. The van der Waals surface area contributed by atoms with Crippen LogP contribution in [0, 0.1) is 5.92 Å². The molecule has 5 heteroatoms. The smallest absolute Gasteiger partial charge is 0.258 e. The standard InChI is InChI=1S/C15H20N4O/c1-19(8-10-4-2-3-5-10)14-7-13-11(6-12(14)16)15(20)18-9-17-13/h6-7,9-10H,2-5,8,16H2,1H3,(H,17,18,20). The fourth-order valence-electron chi connectivity index (χ4n) is 3.13. The lowest BCUT2D eigenvalue weighted by molar-refractivity contribution is 0.547. The Balaban J connectivity index is 1.94. The van der Waals surface area contributed by atoms with Gasteiger partial charge in [0.15, 0.2) is 0 Å². The van der Waals surface area contributed by atoms with Crippen molar-refractivity contribution in [1.82, 2.24) is 9.97 Å². The highest BCUT2D eigenvalue weighted by atomic mass is 16.1. The third kappa shape index (κ3) is 2.35. The van der Waals surface area contributed by atoms with Gasteiger partial charge in [-0.15, -0.1) is 0 Å². The number of nitrogens with one attached hydrogen (secondary N) is 1. The molecule has 0 saturated heterocycles. The molecule has 3 N–H and O–H groups in total. The van der Waals surface area contributed by atoms with Crippen molar-refractivity contribution in [2.24, 2.45) is 5.92 Å². The Morgan fingerprint density at radius 3 is 2.90 bits per heavy atom. The average molecular weight is 272 g/mol. The van der Waals surface area contributed by atoms with E-state index in [-0.39, 0.29) is 5.56 Å². The molecule has 0 spiro atoms. The molecule has 5 nitrogen and oxygen atoms in total. The lowest BCUT2D eigenvalue weighted by Gasteiger charge is -2.24. The highest BCUT2D eigenvalue weighted by molar-refractivity contribution is 5.88. The van der Waals surface area contributed by atoms with Gasteiger partial charge in [0.2, 0.25) is 0 Å². The molecule has 0 aliphatic heterocycles. The van der Waals surface area contributed by atoms with Gasteiger partial charge in [0.1, 0.15) is 0 Å². The fraction of sp³-hybridized carbons (Fsp3) is 0.467. The molecule has 0 bridgehead atoms. The topological polar surface area (TPSA) is 75.0 Å².